The van der Waals surface area contributed by atoms with Gasteiger partial charge in [0.05, 0.1) is 13.2 Å². The number of carbonyl (C=O) groups excluding carboxylic acids is 2. The molecule has 7 heteroatoms. The van der Waals surface area contributed by atoms with E-state index in [0.29, 0.717) is 48.0 Å². The van der Waals surface area contributed by atoms with Crippen LogP contribution < -0.4 is 0 Å². The van der Waals surface area contributed by atoms with Crippen molar-refractivity contribution in [2.45, 2.75) is 6.54 Å². The summed E-state index contributed by atoms with van der Waals surface area (Å²) in [6, 6.07) is 42.5. The summed E-state index contributed by atoms with van der Waals surface area (Å²) in [4.78, 5) is 30.3. The maximum absolute atomic E-state index is 13.2. The van der Waals surface area contributed by atoms with Crippen molar-refractivity contribution >= 4 is 35.3 Å². The molecule has 1 fully saturated rings. The number of nitrogens with zero attached hydrogens (tertiary/aromatic N) is 2. The number of hydrogen-bond acceptors (Lipinski definition) is 5. The van der Waals surface area contributed by atoms with Gasteiger partial charge < -0.3 is 4.74 Å². The molecule has 1 heterocycles. The van der Waals surface area contributed by atoms with Gasteiger partial charge in [-0.3, -0.25) is 19.4 Å². The van der Waals surface area contributed by atoms with E-state index in [1.165, 1.54) is 17.7 Å². The van der Waals surface area contributed by atoms with Gasteiger partial charge in [0.2, 0.25) is 0 Å². The van der Waals surface area contributed by atoms with Gasteiger partial charge >= 0.3 is 0 Å². The van der Waals surface area contributed by atoms with Crippen LogP contribution in [-0.4, -0.2) is 67.8 Å². The molecule has 1 aliphatic rings. The highest BCUT2D eigenvalue weighted by Gasteiger charge is 2.18. The van der Waals surface area contributed by atoms with E-state index in [4.69, 9.17) is 16.3 Å². The van der Waals surface area contributed by atoms with Gasteiger partial charge in [-0.1, -0.05) is 127 Å². The summed E-state index contributed by atoms with van der Waals surface area (Å²) < 4.78 is 18.6. The molecule has 0 unspecified atom stereocenters. The van der Waals surface area contributed by atoms with Gasteiger partial charge in [0.1, 0.15) is 5.82 Å². The molecule has 5 aromatic rings. The molecule has 0 N–H and O–H groups in total. The van der Waals surface area contributed by atoms with E-state index < -0.39 is 0 Å². The van der Waals surface area contributed by atoms with Crippen molar-refractivity contribution in [3.63, 3.8) is 0 Å². The predicted octanol–water partition coefficient (Wildman–Crippen LogP) is 9.16. The molecule has 0 amide bonds. The zero-order chi connectivity index (χ0) is 35.8. The second kappa shape index (κ2) is 19.4. The van der Waals surface area contributed by atoms with Crippen molar-refractivity contribution in [3.05, 3.63) is 189 Å². The Morgan fingerprint density at radius 2 is 1.16 bits per heavy atom. The Labute approximate surface area is 305 Å². The van der Waals surface area contributed by atoms with Crippen LogP contribution in [-0.2, 0) is 11.3 Å². The van der Waals surface area contributed by atoms with E-state index in [1.807, 2.05) is 122 Å². The number of benzene rings is 5. The van der Waals surface area contributed by atoms with Crippen LogP contribution in [0.5, 0.6) is 0 Å². The second-order valence-corrected chi connectivity index (χ2v) is 12.8. The zero-order valence-electron chi connectivity index (χ0n) is 28.8. The summed E-state index contributed by atoms with van der Waals surface area (Å²) in [5.41, 5.74) is 5.80. The predicted molar refractivity (Wildman–Crippen MR) is 205 cm³/mol. The van der Waals surface area contributed by atoms with Gasteiger partial charge in [-0.2, -0.15) is 0 Å². The van der Waals surface area contributed by atoms with Crippen LogP contribution in [0.15, 0.2) is 151 Å². The van der Waals surface area contributed by atoms with Gasteiger partial charge in [-0.05, 0) is 60.2 Å². The normalized spacial score (nSPS) is 13.7. The Hall–Kier alpha value is -4.98. The van der Waals surface area contributed by atoms with Gasteiger partial charge in [-0.25, -0.2) is 4.39 Å². The quantitative estimate of drug-likeness (QED) is 0.0960. The lowest BCUT2D eigenvalue weighted by molar-refractivity contribution is 0.0419. The summed E-state index contributed by atoms with van der Waals surface area (Å²) in [5, 5.41) is 0.691. The monoisotopic (exact) mass is 700 g/mol. The summed E-state index contributed by atoms with van der Waals surface area (Å²) in [6.45, 7) is 4.99. The highest BCUT2D eigenvalue weighted by atomic mass is 35.5. The smallest absolute Gasteiger partial charge is 0.190 e. The summed E-state index contributed by atoms with van der Waals surface area (Å²) in [5.74, 6) is -0.235. The average molecular weight is 701 g/mol. The lowest BCUT2D eigenvalue weighted by Crippen LogP contribution is -2.38. The molecule has 1 saturated heterocycles. The van der Waals surface area contributed by atoms with Crippen LogP contribution in [0.2, 0.25) is 5.02 Å². The standard InChI is InChI=1S/C24H22FNO.C20H20ClNO2/c1-26(17-20-8-4-2-5-9-20)18-22(16-19-12-14-23(25)15-13-19)24(27)21-10-6-3-7-11-21;21-19-8-6-16(7-9-19)14-18(15-22-10-12-24-13-11-22)20(23)17-4-2-1-3-5-17/h2-16H,17-18H2,1H3;1-9,14H,10-13,15H2/b22-16+;18-14+. The molecular weight excluding hydrogens is 659 g/mol. The van der Waals surface area contributed by atoms with Crippen molar-refractivity contribution in [1.29, 1.82) is 0 Å². The SMILES string of the molecule is CN(C/C(=C\c1ccc(F)cc1)C(=O)c1ccccc1)Cc1ccccc1.O=C(/C(=C/c1ccc(Cl)cc1)CN1CCOCC1)c1ccccc1. The van der Waals surface area contributed by atoms with Gasteiger partial charge in [-0.15, -0.1) is 0 Å². The number of hydrogen-bond donors (Lipinski definition) is 0. The van der Waals surface area contributed by atoms with Crippen LogP contribution in [0.25, 0.3) is 12.2 Å². The molecule has 6 rings (SSSR count). The third kappa shape index (κ3) is 12.1. The minimum Gasteiger partial charge on any atom is -0.379 e. The Bertz CT molecular complexity index is 1890. The Morgan fingerprint density at radius 1 is 0.686 bits per heavy atom. The largest absolute Gasteiger partial charge is 0.379 e. The molecule has 0 atom stereocenters. The number of likely N-dealkylation sites (N-methyl/N-ethyl adjacent to an activating group) is 1. The van der Waals surface area contributed by atoms with Crippen molar-refractivity contribution < 1.29 is 18.7 Å². The van der Waals surface area contributed by atoms with E-state index in [2.05, 4.69) is 21.9 Å². The van der Waals surface area contributed by atoms with Gasteiger partial charge in [0, 0.05) is 60.0 Å². The molecule has 0 aliphatic carbocycles. The molecule has 0 spiro atoms. The van der Waals surface area contributed by atoms with Crippen molar-refractivity contribution in [3.8, 4) is 0 Å². The molecule has 0 saturated carbocycles. The van der Waals surface area contributed by atoms with Crippen molar-refractivity contribution in [1.82, 2.24) is 9.80 Å². The number of carbonyl (C=O) groups is 2. The first kappa shape index (κ1) is 37.3. The van der Waals surface area contributed by atoms with E-state index in [-0.39, 0.29) is 17.4 Å². The van der Waals surface area contributed by atoms with Crippen LogP contribution in [0.3, 0.4) is 0 Å². The molecule has 51 heavy (non-hydrogen) atoms. The van der Waals surface area contributed by atoms with E-state index in [1.54, 1.807) is 12.1 Å². The lowest BCUT2D eigenvalue weighted by atomic mass is 10.00. The number of ether oxygens (including phenoxy) is 1. The fourth-order valence-electron chi connectivity index (χ4n) is 5.68. The first-order valence-corrected chi connectivity index (χ1v) is 17.4. The Kier molecular flexibility index (Phi) is 14.2. The first-order chi connectivity index (χ1) is 24.8. The molecular formula is C44H42ClFN2O3. The molecule has 260 valence electrons. The van der Waals surface area contributed by atoms with Crippen molar-refractivity contribution in [2.24, 2.45) is 0 Å². The fraction of sp³-hybridized carbons (Fsp3) is 0.182. The van der Waals surface area contributed by atoms with Crippen LogP contribution in [0, 0.1) is 5.82 Å². The van der Waals surface area contributed by atoms with Crippen LogP contribution in [0.1, 0.15) is 37.4 Å². The number of ketones is 2. The number of halogens is 2. The molecule has 1 aliphatic heterocycles. The first-order valence-electron chi connectivity index (χ1n) is 17.0. The molecule has 5 aromatic carbocycles. The topological polar surface area (TPSA) is 49.9 Å². The Morgan fingerprint density at radius 3 is 1.71 bits per heavy atom. The lowest BCUT2D eigenvalue weighted by Gasteiger charge is -2.27. The Balaban J connectivity index is 0.000000199. The zero-order valence-corrected chi connectivity index (χ0v) is 29.5. The summed E-state index contributed by atoms with van der Waals surface area (Å²) >= 11 is 5.95. The van der Waals surface area contributed by atoms with Gasteiger partial charge in [0.15, 0.2) is 11.6 Å². The third-order valence-electron chi connectivity index (χ3n) is 8.31. The number of morpholine rings is 1. The summed E-state index contributed by atoms with van der Waals surface area (Å²) in [6.07, 6.45) is 3.80. The number of Topliss-reactive ketones (excluding diaryl/α,β-unsaturated/α-hetero) is 2. The number of rotatable bonds is 12. The maximum atomic E-state index is 13.2. The molecule has 0 bridgehead atoms. The van der Waals surface area contributed by atoms with Crippen LogP contribution in [0.4, 0.5) is 4.39 Å². The van der Waals surface area contributed by atoms with Crippen molar-refractivity contribution in [2.75, 3.05) is 46.4 Å². The third-order valence-corrected chi connectivity index (χ3v) is 8.56. The molecule has 0 aromatic heterocycles. The summed E-state index contributed by atoms with van der Waals surface area (Å²) in [7, 11) is 1.99. The highest BCUT2D eigenvalue weighted by molar-refractivity contribution is 6.30. The average Bonchev–Trinajstić information content (AvgIpc) is 3.17. The van der Waals surface area contributed by atoms with E-state index in [0.717, 1.165) is 36.3 Å². The fourth-order valence-corrected chi connectivity index (χ4v) is 5.80. The van der Waals surface area contributed by atoms with E-state index >= 15 is 0 Å². The minimum atomic E-state index is -0.288. The second-order valence-electron chi connectivity index (χ2n) is 12.4. The minimum absolute atomic E-state index is 0.0140. The van der Waals surface area contributed by atoms with E-state index in [9.17, 15) is 14.0 Å². The molecule has 0 radical (unpaired) electrons. The van der Waals surface area contributed by atoms with Crippen LogP contribution >= 0.6 is 11.6 Å². The van der Waals surface area contributed by atoms with Gasteiger partial charge in [0.25, 0.3) is 0 Å². The molecule has 5 nitrogen and oxygen atoms in total. The highest BCUT2D eigenvalue weighted by Crippen LogP contribution is 2.18. The maximum Gasteiger partial charge on any atom is 0.190 e.